The molecule has 0 unspecified atom stereocenters. The van der Waals surface area contributed by atoms with Gasteiger partial charge in [-0.15, -0.1) is 10.2 Å². The molecule has 4 heterocycles. The number of carbonyl (C=O) groups is 1. The highest BCUT2D eigenvalue weighted by molar-refractivity contribution is 7.13. The number of hydrogen-bond acceptors (Lipinski definition) is 7. The Labute approximate surface area is 136 Å². The number of fused-ring (bicyclic) bond motifs is 1. The van der Waals surface area contributed by atoms with Crippen molar-refractivity contribution in [3.8, 4) is 0 Å². The summed E-state index contributed by atoms with van der Waals surface area (Å²) in [5.41, 5.74) is 2.42. The van der Waals surface area contributed by atoms with Crippen LogP contribution in [-0.4, -0.2) is 44.1 Å². The third-order valence-corrected chi connectivity index (χ3v) is 4.62. The molecular weight excluding hydrogens is 314 g/mol. The molecule has 1 aliphatic heterocycles. The highest BCUT2D eigenvalue weighted by Gasteiger charge is 2.28. The van der Waals surface area contributed by atoms with E-state index in [1.807, 2.05) is 12.3 Å². The maximum atomic E-state index is 12.4. The standard InChI is InChI=1S/C14H15N7OS/c22-13(19-14-20-18-8-23-14)9-2-1-5-21(6-9)12-10-3-4-15-11(10)16-7-17-12/h3-4,7-9H,1-2,5-6H2,(H,15,16,17)(H,19,20,22)/t9-/m1/s1. The molecule has 0 aliphatic carbocycles. The van der Waals surface area contributed by atoms with Gasteiger partial charge < -0.3 is 15.2 Å². The van der Waals surface area contributed by atoms with Crippen molar-refractivity contribution in [2.24, 2.45) is 5.92 Å². The lowest BCUT2D eigenvalue weighted by Gasteiger charge is -2.32. The van der Waals surface area contributed by atoms with E-state index in [-0.39, 0.29) is 11.8 Å². The Bertz CT molecular complexity index is 816. The normalized spacial score (nSPS) is 18.3. The largest absolute Gasteiger partial charge is 0.355 e. The number of rotatable bonds is 3. The van der Waals surface area contributed by atoms with E-state index in [1.165, 1.54) is 11.3 Å². The maximum Gasteiger partial charge on any atom is 0.231 e. The number of aromatic amines is 1. The molecule has 0 aromatic carbocycles. The highest BCUT2D eigenvalue weighted by Crippen LogP contribution is 2.27. The van der Waals surface area contributed by atoms with E-state index < -0.39 is 0 Å². The lowest BCUT2D eigenvalue weighted by molar-refractivity contribution is -0.120. The molecule has 4 rings (SSSR count). The SMILES string of the molecule is O=C(Nc1nncs1)[C@@H]1CCCN(c2ncnc3[nH]ccc23)C1. The van der Waals surface area contributed by atoms with Gasteiger partial charge in [0, 0.05) is 19.3 Å². The molecule has 118 valence electrons. The fourth-order valence-electron chi connectivity index (χ4n) is 2.93. The summed E-state index contributed by atoms with van der Waals surface area (Å²) >= 11 is 1.32. The summed E-state index contributed by atoms with van der Waals surface area (Å²) < 4.78 is 0. The quantitative estimate of drug-likeness (QED) is 0.758. The second-order valence-electron chi connectivity index (χ2n) is 5.46. The summed E-state index contributed by atoms with van der Waals surface area (Å²) in [4.78, 5) is 26.3. The number of nitrogens with zero attached hydrogens (tertiary/aromatic N) is 5. The molecule has 9 heteroatoms. The minimum atomic E-state index is -0.0865. The van der Waals surface area contributed by atoms with E-state index in [4.69, 9.17) is 0 Å². The second kappa shape index (κ2) is 5.92. The molecule has 1 fully saturated rings. The molecule has 8 nitrogen and oxygen atoms in total. The van der Waals surface area contributed by atoms with Gasteiger partial charge in [-0.2, -0.15) is 0 Å². The molecule has 23 heavy (non-hydrogen) atoms. The third kappa shape index (κ3) is 2.74. The van der Waals surface area contributed by atoms with Crippen molar-refractivity contribution in [3.63, 3.8) is 0 Å². The number of anilines is 2. The lowest BCUT2D eigenvalue weighted by Crippen LogP contribution is -2.41. The Morgan fingerprint density at radius 2 is 2.39 bits per heavy atom. The van der Waals surface area contributed by atoms with Crippen LogP contribution in [0.2, 0.25) is 0 Å². The predicted molar refractivity (Wildman–Crippen MR) is 87.4 cm³/mol. The zero-order valence-corrected chi connectivity index (χ0v) is 13.1. The van der Waals surface area contributed by atoms with E-state index >= 15 is 0 Å². The first kappa shape index (κ1) is 14.1. The van der Waals surface area contributed by atoms with Gasteiger partial charge in [0.2, 0.25) is 11.0 Å². The number of piperidine rings is 1. The first-order valence-electron chi connectivity index (χ1n) is 7.41. The van der Waals surface area contributed by atoms with Crippen molar-refractivity contribution in [1.82, 2.24) is 25.1 Å². The lowest BCUT2D eigenvalue weighted by atomic mass is 9.97. The van der Waals surface area contributed by atoms with Crippen LogP contribution in [0.15, 0.2) is 24.1 Å². The summed E-state index contributed by atoms with van der Waals surface area (Å²) in [6.07, 6.45) is 5.22. The Balaban J connectivity index is 1.53. The van der Waals surface area contributed by atoms with Gasteiger partial charge >= 0.3 is 0 Å². The number of nitrogens with one attached hydrogen (secondary N) is 2. The van der Waals surface area contributed by atoms with Gasteiger partial charge in [-0.25, -0.2) is 9.97 Å². The van der Waals surface area contributed by atoms with E-state index in [2.05, 4.69) is 35.4 Å². The molecule has 0 radical (unpaired) electrons. The molecule has 1 atom stereocenters. The van der Waals surface area contributed by atoms with Crippen LogP contribution in [-0.2, 0) is 4.79 Å². The zero-order chi connectivity index (χ0) is 15.6. The van der Waals surface area contributed by atoms with Crippen LogP contribution < -0.4 is 10.2 Å². The van der Waals surface area contributed by atoms with Crippen LogP contribution >= 0.6 is 11.3 Å². The van der Waals surface area contributed by atoms with Gasteiger partial charge in [-0.05, 0) is 18.9 Å². The van der Waals surface area contributed by atoms with E-state index in [0.29, 0.717) is 11.7 Å². The van der Waals surface area contributed by atoms with Crippen molar-refractivity contribution in [2.45, 2.75) is 12.8 Å². The summed E-state index contributed by atoms with van der Waals surface area (Å²) in [7, 11) is 0. The highest BCUT2D eigenvalue weighted by atomic mass is 32.1. The Kier molecular flexibility index (Phi) is 3.62. The number of aromatic nitrogens is 5. The first-order valence-corrected chi connectivity index (χ1v) is 8.29. The smallest absolute Gasteiger partial charge is 0.231 e. The molecule has 1 saturated heterocycles. The third-order valence-electron chi connectivity index (χ3n) is 4.01. The van der Waals surface area contributed by atoms with Gasteiger partial charge in [0.15, 0.2) is 0 Å². The van der Waals surface area contributed by atoms with Crippen LogP contribution in [0.5, 0.6) is 0 Å². The average molecular weight is 329 g/mol. The van der Waals surface area contributed by atoms with Gasteiger partial charge in [-0.1, -0.05) is 11.3 Å². The van der Waals surface area contributed by atoms with Crippen molar-refractivity contribution >= 4 is 39.2 Å². The molecule has 3 aromatic rings. The maximum absolute atomic E-state index is 12.4. The predicted octanol–water partition coefficient (Wildman–Crippen LogP) is 1.66. The van der Waals surface area contributed by atoms with E-state index in [9.17, 15) is 4.79 Å². The van der Waals surface area contributed by atoms with Crippen LogP contribution in [0.1, 0.15) is 12.8 Å². The van der Waals surface area contributed by atoms with Crippen molar-refractivity contribution in [3.05, 3.63) is 24.1 Å². The molecule has 0 saturated carbocycles. The van der Waals surface area contributed by atoms with Gasteiger partial charge in [0.05, 0.1) is 11.3 Å². The molecule has 0 spiro atoms. The Morgan fingerprint density at radius 3 is 3.26 bits per heavy atom. The minimum Gasteiger partial charge on any atom is -0.355 e. The summed E-state index contributed by atoms with van der Waals surface area (Å²) in [6, 6.07) is 1.97. The Morgan fingerprint density at radius 1 is 1.43 bits per heavy atom. The minimum absolute atomic E-state index is 0.00850. The van der Waals surface area contributed by atoms with Crippen molar-refractivity contribution in [1.29, 1.82) is 0 Å². The second-order valence-corrected chi connectivity index (χ2v) is 6.29. The topological polar surface area (TPSA) is 99.7 Å². The summed E-state index contributed by atoms with van der Waals surface area (Å²) in [5.74, 6) is 0.784. The summed E-state index contributed by atoms with van der Waals surface area (Å²) in [5, 5.41) is 12.0. The van der Waals surface area contributed by atoms with Gasteiger partial charge in [0.25, 0.3) is 0 Å². The van der Waals surface area contributed by atoms with E-state index in [1.54, 1.807) is 11.8 Å². The molecular formula is C14H15N7OS. The molecule has 3 aromatic heterocycles. The monoisotopic (exact) mass is 329 g/mol. The molecule has 0 bridgehead atoms. The van der Waals surface area contributed by atoms with Crippen molar-refractivity contribution < 1.29 is 4.79 Å². The van der Waals surface area contributed by atoms with Crippen LogP contribution in [0.25, 0.3) is 11.0 Å². The number of H-pyrrole nitrogens is 1. The van der Waals surface area contributed by atoms with Crippen LogP contribution in [0, 0.1) is 5.92 Å². The van der Waals surface area contributed by atoms with E-state index in [0.717, 1.165) is 36.2 Å². The van der Waals surface area contributed by atoms with Crippen LogP contribution in [0.3, 0.4) is 0 Å². The van der Waals surface area contributed by atoms with Gasteiger partial charge in [-0.3, -0.25) is 4.79 Å². The number of carbonyl (C=O) groups excluding carboxylic acids is 1. The molecule has 2 N–H and O–H groups in total. The Hall–Kier alpha value is -2.55. The van der Waals surface area contributed by atoms with Gasteiger partial charge in [0.1, 0.15) is 23.3 Å². The fourth-order valence-corrected chi connectivity index (χ4v) is 3.38. The molecule has 1 aliphatic rings. The summed E-state index contributed by atoms with van der Waals surface area (Å²) in [6.45, 7) is 1.53. The number of hydrogen-bond donors (Lipinski definition) is 2. The van der Waals surface area contributed by atoms with Crippen LogP contribution in [0.4, 0.5) is 10.9 Å². The van der Waals surface area contributed by atoms with Crippen molar-refractivity contribution in [2.75, 3.05) is 23.3 Å². The zero-order valence-electron chi connectivity index (χ0n) is 12.3. The first-order chi connectivity index (χ1) is 11.3. The molecule has 1 amide bonds. The average Bonchev–Trinajstić information content (AvgIpc) is 3.25. The number of amides is 1. The fraction of sp³-hybridized carbons (Fsp3) is 0.357.